The lowest BCUT2D eigenvalue weighted by molar-refractivity contribution is -0.139. The van der Waals surface area contributed by atoms with Crippen LogP contribution in [0.4, 0.5) is 18.9 Å². The van der Waals surface area contributed by atoms with Crippen LogP contribution in [0.25, 0.3) is 0 Å². The number of pyridine rings is 1. The van der Waals surface area contributed by atoms with E-state index in [1.807, 2.05) is 6.07 Å². The van der Waals surface area contributed by atoms with E-state index >= 15 is 0 Å². The summed E-state index contributed by atoms with van der Waals surface area (Å²) in [7, 11) is 0. The van der Waals surface area contributed by atoms with Crippen LogP contribution in [0.1, 0.15) is 59.6 Å². The second-order valence-corrected chi connectivity index (χ2v) is 10.6. The van der Waals surface area contributed by atoms with E-state index in [2.05, 4.69) is 21.1 Å². The number of nitrogens with zero attached hydrogens (tertiary/aromatic N) is 2. The fraction of sp³-hybridized carbons (Fsp3) is 0.355. The molecule has 1 aliphatic heterocycles. The molecule has 244 valence electrons. The number of hydrogen-bond donors (Lipinski definition) is 3. The van der Waals surface area contributed by atoms with Gasteiger partial charge in [-0.15, -0.1) is 0 Å². The first-order chi connectivity index (χ1) is 21.8. The summed E-state index contributed by atoms with van der Waals surface area (Å²) in [5.41, 5.74) is -2.60. The summed E-state index contributed by atoms with van der Waals surface area (Å²) in [6, 6.07) is 8.24. The molecule has 1 aliphatic rings. The van der Waals surface area contributed by atoms with Crippen molar-refractivity contribution in [1.29, 1.82) is 0 Å². The van der Waals surface area contributed by atoms with Crippen molar-refractivity contribution in [2.75, 3.05) is 11.9 Å². The molecule has 0 unspecified atom stereocenters. The Balaban J connectivity index is 1.58. The highest BCUT2D eigenvalue weighted by Gasteiger charge is 2.35. The summed E-state index contributed by atoms with van der Waals surface area (Å²) in [5, 5.41) is 11.0. The van der Waals surface area contributed by atoms with E-state index in [0.717, 1.165) is 11.6 Å². The van der Waals surface area contributed by atoms with Crippen LogP contribution in [-0.2, 0) is 31.9 Å². The average Bonchev–Trinajstić information content (AvgIpc) is 3.64. The minimum Gasteiger partial charge on any atom is -0.458 e. The number of carbonyl (C=O) groups excluding carboxylic acids is 4. The van der Waals surface area contributed by atoms with Crippen molar-refractivity contribution in [1.82, 2.24) is 20.4 Å². The number of aromatic nitrogens is 2. The number of ether oxygens (including phenoxy) is 1. The van der Waals surface area contributed by atoms with Gasteiger partial charge in [0.25, 0.3) is 11.5 Å². The maximum atomic E-state index is 13.9. The Labute approximate surface area is 261 Å². The van der Waals surface area contributed by atoms with Gasteiger partial charge in [-0.3, -0.25) is 19.2 Å². The predicted octanol–water partition coefficient (Wildman–Crippen LogP) is 3.68. The molecule has 3 aromatic rings. The van der Waals surface area contributed by atoms with Crippen molar-refractivity contribution in [2.45, 2.75) is 58.0 Å². The third-order valence-corrected chi connectivity index (χ3v) is 7.22. The molecule has 0 radical (unpaired) electrons. The number of amides is 3. The molecule has 3 atom stereocenters. The van der Waals surface area contributed by atoms with Gasteiger partial charge in [-0.2, -0.15) is 13.2 Å². The second-order valence-electron chi connectivity index (χ2n) is 10.6. The number of carbonyl (C=O) groups is 4. The van der Waals surface area contributed by atoms with E-state index in [9.17, 15) is 37.1 Å². The van der Waals surface area contributed by atoms with Crippen LogP contribution in [0.15, 0.2) is 70.1 Å². The van der Waals surface area contributed by atoms with E-state index in [0.29, 0.717) is 29.8 Å². The van der Waals surface area contributed by atoms with Gasteiger partial charge in [0.2, 0.25) is 11.8 Å². The summed E-state index contributed by atoms with van der Waals surface area (Å²) in [4.78, 5) is 64.2. The molecule has 4 rings (SSSR count). The summed E-state index contributed by atoms with van der Waals surface area (Å²) in [5.74, 6) is -3.05. The molecule has 2 aromatic heterocycles. The minimum absolute atomic E-state index is 0.00240. The Morgan fingerprint density at radius 2 is 1.93 bits per heavy atom. The molecule has 12 nitrogen and oxygen atoms in total. The monoisotopic (exact) mass is 643 g/mol. The number of anilines is 1. The third-order valence-electron chi connectivity index (χ3n) is 7.22. The van der Waals surface area contributed by atoms with E-state index in [4.69, 9.17) is 9.26 Å². The zero-order valence-corrected chi connectivity index (χ0v) is 24.9. The summed E-state index contributed by atoms with van der Waals surface area (Å²) < 4.78 is 52.3. The van der Waals surface area contributed by atoms with Crippen LogP contribution in [-0.4, -0.2) is 46.0 Å². The van der Waals surface area contributed by atoms with E-state index in [1.165, 1.54) is 26.0 Å². The van der Waals surface area contributed by atoms with Crippen LogP contribution in [0.2, 0.25) is 0 Å². The lowest BCUT2D eigenvalue weighted by Crippen LogP contribution is -2.43. The fourth-order valence-electron chi connectivity index (χ4n) is 4.86. The maximum absolute atomic E-state index is 13.9. The molecule has 46 heavy (non-hydrogen) atoms. The van der Waals surface area contributed by atoms with Crippen molar-refractivity contribution in [3.8, 4) is 0 Å². The Morgan fingerprint density at radius 1 is 1.20 bits per heavy atom. The topological polar surface area (TPSA) is 162 Å². The molecular weight excluding hydrogens is 611 g/mol. The highest BCUT2D eigenvalue weighted by atomic mass is 19.4. The number of hydrogen-bond acceptors (Lipinski definition) is 8. The van der Waals surface area contributed by atoms with E-state index in [1.54, 1.807) is 24.3 Å². The molecule has 3 heterocycles. The largest absolute Gasteiger partial charge is 0.458 e. The third kappa shape index (κ3) is 8.70. The zero-order valence-electron chi connectivity index (χ0n) is 24.9. The SMILES string of the molecule is CC[C@H](C(=O)N[C@H](/C=C/C(=O)OCc1ccccc1)C[C@@H]1CCNC1=O)n1cc(C(F)(F)F)cc(NC(=O)c2cc(C)on2)c1=O. The standard InChI is InChI=1S/C31H32F3N5O7/c1-3-25(39-16-21(31(32,33)34)15-24(30(39)44)37-28(42)23-13-18(2)46-38-23)29(43)36-22(14-20-11-12-35-27(20)41)9-10-26(40)45-17-19-7-5-4-6-8-19/h4-10,13,15-16,20,22,25H,3,11-12,14,17H2,1-2H3,(H,35,41)(H,36,43)(H,37,42)/b10-9+/t20-,22+,25+/m0/s1. The summed E-state index contributed by atoms with van der Waals surface area (Å²) >= 11 is 0. The predicted molar refractivity (Wildman–Crippen MR) is 157 cm³/mol. The van der Waals surface area contributed by atoms with Crippen molar-refractivity contribution in [3.05, 3.63) is 93.7 Å². The number of aryl methyl sites for hydroxylation is 1. The van der Waals surface area contributed by atoms with Crippen LogP contribution < -0.4 is 21.5 Å². The second kappa shape index (κ2) is 14.7. The number of rotatable bonds is 12. The molecular formula is C31H32F3N5O7. The maximum Gasteiger partial charge on any atom is 0.417 e. The van der Waals surface area contributed by atoms with Gasteiger partial charge in [-0.1, -0.05) is 48.5 Å². The first-order valence-corrected chi connectivity index (χ1v) is 14.4. The lowest BCUT2D eigenvalue weighted by atomic mass is 9.97. The van der Waals surface area contributed by atoms with Gasteiger partial charge >= 0.3 is 12.1 Å². The van der Waals surface area contributed by atoms with Crippen molar-refractivity contribution in [2.24, 2.45) is 5.92 Å². The van der Waals surface area contributed by atoms with Crippen molar-refractivity contribution in [3.63, 3.8) is 0 Å². The summed E-state index contributed by atoms with van der Waals surface area (Å²) in [6.07, 6.45) is -1.58. The molecule has 1 fully saturated rings. The Morgan fingerprint density at radius 3 is 2.54 bits per heavy atom. The number of esters is 1. The van der Waals surface area contributed by atoms with E-state index in [-0.39, 0.29) is 36.8 Å². The van der Waals surface area contributed by atoms with Gasteiger partial charge in [0.1, 0.15) is 24.1 Å². The average molecular weight is 644 g/mol. The normalized spacial score (nSPS) is 16.1. The highest BCUT2D eigenvalue weighted by molar-refractivity contribution is 6.02. The van der Waals surface area contributed by atoms with Crippen LogP contribution in [0.5, 0.6) is 0 Å². The number of halogens is 3. The zero-order chi connectivity index (χ0) is 33.4. The van der Waals surface area contributed by atoms with E-state index < -0.39 is 58.8 Å². The molecule has 15 heteroatoms. The molecule has 0 aliphatic carbocycles. The van der Waals surface area contributed by atoms with Crippen molar-refractivity contribution < 1.29 is 41.6 Å². The van der Waals surface area contributed by atoms with Gasteiger partial charge in [0.05, 0.1) is 5.56 Å². The molecule has 3 N–H and O–H groups in total. The molecule has 1 saturated heterocycles. The number of benzene rings is 1. The molecule has 0 saturated carbocycles. The van der Waals surface area contributed by atoms with Gasteiger partial charge in [0, 0.05) is 36.8 Å². The number of nitrogens with one attached hydrogen (secondary N) is 3. The number of alkyl halides is 3. The van der Waals surface area contributed by atoms with Crippen LogP contribution >= 0.6 is 0 Å². The molecule has 0 spiro atoms. The molecule has 0 bridgehead atoms. The summed E-state index contributed by atoms with van der Waals surface area (Å²) in [6.45, 7) is 3.41. The minimum atomic E-state index is -4.94. The Hall–Kier alpha value is -5.21. The van der Waals surface area contributed by atoms with Gasteiger partial charge < -0.3 is 29.8 Å². The van der Waals surface area contributed by atoms with Crippen LogP contribution in [0.3, 0.4) is 0 Å². The highest BCUT2D eigenvalue weighted by Crippen LogP contribution is 2.31. The molecule has 1 aromatic carbocycles. The van der Waals surface area contributed by atoms with Gasteiger partial charge in [0.15, 0.2) is 5.69 Å². The van der Waals surface area contributed by atoms with Gasteiger partial charge in [-0.25, -0.2) is 4.79 Å². The quantitative estimate of drug-likeness (QED) is 0.199. The fourth-order valence-corrected chi connectivity index (χ4v) is 4.86. The Kier molecular flexibility index (Phi) is 10.8. The van der Waals surface area contributed by atoms with Gasteiger partial charge in [-0.05, 0) is 37.8 Å². The smallest absolute Gasteiger partial charge is 0.417 e. The molecule has 3 amide bonds. The lowest BCUT2D eigenvalue weighted by Gasteiger charge is -2.24. The Bertz CT molecular complexity index is 1670. The van der Waals surface area contributed by atoms with Crippen molar-refractivity contribution >= 4 is 29.4 Å². The first kappa shape index (κ1) is 33.7. The first-order valence-electron chi connectivity index (χ1n) is 14.4. The van der Waals surface area contributed by atoms with Crippen LogP contribution in [0, 0.1) is 12.8 Å².